The summed E-state index contributed by atoms with van der Waals surface area (Å²) < 4.78 is 21.8. The molecule has 1 aliphatic heterocycles. The summed E-state index contributed by atoms with van der Waals surface area (Å²) in [4.78, 5) is 18.0. The van der Waals surface area contributed by atoms with Gasteiger partial charge in [-0.05, 0) is 86.5 Å². The van der Waals surface area contributed by atoms with Crippen molar-refractivity contribution in [3.05, 3.63) is 47.0 Å². The summed E-state index contributed by atoms with van der Waals surface area (Å²) in [6, 6.07) is 10.9. The minimum absolute atomic E-state index is 0.222. The van der Waals surface area contributed by atoms with Crippen molar-refractivity contribution in [2.75, 3.05) is 48.6 Å². The number of nitrogens with zero attached hydrogens (tertiary/aromatic N) is 2. The fourth-order valence-corrected chi connectivity index (χ4v) is 5.72. The van der Waals surface area contributed by atoms with Gasteiger partial charge in [0.15, 0.2) is 23.0 Å². The van der Waals surface area contributed by atoms with Crippen LogP contribution in [0.15, 0.2) is 30.3 Å². The molecule has 1 fully saturated rings. The highest BCUT2D eigenvalue weighted by atomic mass is 16.5. The Labute approximate surface area is 215 Å². The molecule has 7 heteroatoms. The summed E-state index contributed by atoms with van der Waals surface area (Å²) in [5.74, 6) is 3.16. The fourth-order valence-electron chi connectivity index (χ4n) is 5.72. The van der Waals surface area contributed by atoms with Crippen LogP contribution < -0.4 is 18.9 Å². The molecule has 0 unspecified atom stereocenters. The number of amides is 1. The first kappa shape index (κ1) is 26.1. The minimum Gasteiger partial charge on any atom is -0.493 e. The van der Waals surface area contributed by atoms with Crippen LogP contribution in [0.3, 0.4) is 0 Å². The normalized spacial score (nSPS) is 20.1. The van der Waals surface area contributed by atoms with Crippen molar-refractivity contribution < 1.29 is 23.7 Å². The molecular formula is C29H40N2O5. The number of carbonyl (C=O) groups is 1. The summed E-state index contributed by atoms with van der Waals surface area (Å²) in [7, 11) is 8.84. The van der Waals surface area contributed by atoms with Gasteiger partial charge in [-0.2, -0.15) is 0 Å². The summed E-state index contributed by atoms with van der Waals surface area (Å²) >= 11 is 0. The number of ether oxygens (including phenoxy) is 4. The molecular weight excluding hydrogens is 456 g/mol. The highest BCUT2D eigenvalue weighted by Gasteiger charge is 2.33. The van der Waals surface area contributed by atoms with Crippen molar-refractivity contribution in [3.8, 4) is 23.0 Å². The molecule has 1 saturated carbocycles. The van der Waals surface area contributed by atoms with E-state index >= 15 is 0 Å². The maximum absolute atomic E-state index is 13.3. The Morgan fingerprint density at radius 1 is 0.889 bits per heavy atom. The zero-order valence-electron chi connectivity index (χ0n) is 22.3. The first-order valence-corrected chi connectivity index (χ1v) is 12.9. The zero-order chi connectivity index (χ0) is 25.7. The predicted molar refractivity (Wildman–Crippen MR) is 141 cm³/mol. The largest absolute Gasteiger partial charge is 0.493 e. The number of rotatable bonds is 9. The molecule has 0 saturated heterocycles. The first-order chi connectivity index (χ1) is 17.5. The van der Waals surface area contributed by atoms with E-state index in [0.717, 1.165) is 68.0 Å². The molecule has 196 valence electrons. The molecule has 0 radical (unpaired) electrons. The van der Waals surface area contributed by atoms with Crippen molar-refractivity contribution in [2.24, 2.45) is 0 Å². The molecule has 0 aromatic heterocycles. The van der Waals surface area contributed by atoms with Crippen molar-refractivity contribution in [1.29, 1.82) is 0 Å². The van der Waals surface area contributed by atoms with E-state index < -0.39 is 0 Å². The van der Waals surface area contributed by atoms with E-state index in [-0.39, 0.29) is 11.9 Å². The van der Waals surface area contributed by atoms with Gasteiger partial charge in [0.2, 0.25) is 5.91 Å². The lowest BCUT2D eigenvalue weighted by Gasteiger charge is -2.40. The second-order valence-electron chi connectivity index (χ2n) is 9.88. The Morgan fingerprint density at radius 3 is 2.25 bits per heavy atom. The molecule has 2 aromatic carbocycles. The molecule has 2 atom stereocenters. The highest BCUT2D eigenvalue weighted by molar-refractivity contribution is 5.80. The van der Waals surface area contributed by atoms with Crippen LogP contribution in [0.4, 0.5) is 0 Å². The third-order valence-corrected chi connectivity index (χ3v) is 7.87. The predicted octanol–water partition coefficient (Wildman–Crippen LogP) is 4.13. The maximum atomic E-state index is 13.3. The number of methoxy groups -OCH3 is 4. The van der Waals surface area contributed by atoms with Crippen LogP contribution in [0.2, 0.25) is 0 Å². The summed E-state index contributed by atoms with van der Waals surface area (Å²) in [5, 5.41) is 0. The van der Waals surface area contributed by atoms with E-state index in [9.17, 15) is 4.79 Å². The third kappa shape index (κ3) is 5.72. The van der Waals surface area contributed by atoms with Gasteiger partial charge in [-0.1, -0.05) is 6.07 Å². The van der Waals surface area contributed by atoms with Crippen molar-refractivity contribution in [2.45, 2.75) is 57.0 Å². The van der Waals surface area contributed by atoms with Gasteiger partial charge in [-0.15, -0.1) is 0 Å². The van der Waals surface area contributed by atoms with Gasteiger partial charge in [-0.3, -0.25) is 4.79 Å². The molecule has 0 N–H and O–H groups in total. The van der Waals surface area contributed by atoms with E-state index in [4.69, 9.17) is 18.9 Å². The van der Waals surface area contributed by atoms with Gasteiger partial charge in [0, 0.05) is 25.2 Å². The van der Waals surface area contributed by atoms with E-state index in [1.54, 1.807) is 28.4 Å². The summed E-state index contributed by atoms with van der Waals surface area (Å²) in [5.41, 5.74) is 3.47. The van der Waals surface area contributed by atoms with Crippen LogP contribution in [-0.4, -0.2) is 76.4 Å². The third-order valence-electron chi connectivity index (χ3n) is 7.87. The first-order valence-electron chi connectivity index (χ1n) is 12.9. The number of likely N-dealkylation sites (N-methyl/N-ethyl adjacent to an activating group) is 1. The Morgan fingerprint density at radius 2 is 1.56 bits per heavy atom. The average molecular weight is 497 g/mol. The fraction of sp³-hybridized carbons (Fsp3) is 0.552. The molecule has 0 bridgehead atoms. The molecule has 2 aliphatic rings. The lowest BCUT2D eigenvalue weighted by atomic mass is 9.88. The van der Waals surface area contributed by atoms with Crippen LogP contribution in [-0.2, 0) is 24.1 Å². The molecule has 2 aromatic rings. The van der Waals surface area contributed by atoms with Gasteiger partial charge in [-0.25, -0.2) is 0 Å². The quantitative estimate of drug-likeness (QED) is 0.520. The van der Waals surface area contributed by atoms with Gasteiger partial charge < -0.3 is 28.7 Å². The maximum Gasteiger partial charge on any atom is 0.227 e. The van der Waals surface area contributed by atoms with Gasteiger partial charge in [0.05, 0.1) is 34.9 Å². The zero-order valence-corrected chi connectivity index (χ0v) is 22.3. The van der Waals surface area contributed by atoms with Crippen LogP contribution in [0.5, 0.6) is 23.0 Å². The molecule has 1 amide bonds. The van der Waals surface area contributed by atoms with Crippen LogP contribution >= 0.6 is 0 Å². The van der Waals surface area contributed by atoms with E-state index in [0.29, 0.717) is 18.2 Å². The van der Waals surface area contributed by atoms with Crippen molar-refractivity contribution in [1.82, 2.24) is 9.80 Å². The second kappa shape index (κ2) is 11.9. The lowest BCUT2D eigenvalue weighted by Crippen LogP contribution is -2.48. The van der Waals surface area contributed by atoms with Crippen LogP contribution in [0.1, 0.15) is 42.4 Å². The Bertz CT molecular complexity index is 1060. The SMILES string of the molecule is COc1ccc(CCN(C)[C@H]2CCC[C@H](N3CCc4cc(OC)c(OC)cc4CC3=O)C2)cc1OC. The molecule has 4 rings (SSSR count). The minimum atomic E-state index is 0.222. The van der Waals surface area contributed by atoms with E-state index in [1.807, 2.05) is 18.2 Å². The smallest absolute Gasteiger partial charge is 0.227 e. The number of fused-ring (bicyclic) bond motifs is 1. The molecule has 0 spiro atoms. The number of benzene rings is 2. The van der Waals surface area contributed by atoms with Gasteiger partial charge in [0.25, 0.3) is 0 Å². The second-order valence-corrected chi connectivity index (χ2v) is 9.88. The molecule has 1 heterocycles. The van der Waals surface area contributed by atoms with E-state index in [1.165, 1.54) is 17.5 Å². The average Bonchev–Trinajstić information content (AvgIpc) is 3.08. The Balaban J connectivity index is 1.38. The number of carbonyl (C=O) groups excluding carboxylic acids is 1. The number of hydrogen-bond donors (Lipinski definition) is 0. The molecule has 36 heavy (non-hydrogen) atoms. The summed E-state index contributed by atoms with van der Waals surface area (Å²) in [6.45, 7) is 1.72. The number of hydrogen-bond acceptors (Lipinski definition) is 6. The topological polar surface area (TPSA) is 60.5 Å². The Hall–Kier alpha value is -2.93. The van der Waals surface area contributed by atoms with Crippen molar-refractivity contribution >= 4 is 5.91 Å². The Kier molecular flexibility index (Phi) is 8.62. The standard InChI is InChI=1S/C29H40N2O5/c1-30(13-11-20-9-10-25(33-2)26(15-20)34-3)23-7-6-8-24(19-23)31-14-12-21-16-27(35-4)28(36-5)17-22(21)18-29(31)32/h9-10,15-17,23-24H,6-8,11-14,18-19H2,1-5H3/t23-,24-/m0/s1. The van der Waals surface area contributed by atoms with Crippen LogP contribution in [0, 0.1) is 0 Å². The van der Waals surface area contributed by atoms with Gasteiger partial charge >= 0.3 is 0 Å². The lowest BCUT2D eigenvalue weighted by molar-refractivity contribution is -0.133. The van der Waals surface area contributed by atoms with Gasteiger partial charge in [0.1, 0.15) is 0 Å². The van der Waals surface area contributed by atoms with Crippen molar-refractivity contribution in [3.63, 3.8) is 0 Å². The summed E-state index contributed by atoms with van der Waals surface area (Å²) in [6.07, 6.45) is 6.64. The highest BCUT2D eigenvalue weighted by Crippen LogP contribution is 2.34. The molecule has 7 nitrogen and oxygen atoms in total. The molecule has 1 aliphatic carbocycles. The monoisotopic (exact) mass is 496 g/mol. The van der Waals surface area contributed by atoms with Crippen LogP contribution in [0.25, 0.3) is 0 Å². The van der Waals surface area contributed by atoms with E-state index in [2.05, 4.69) is 29.0 Å².